The number of benzene rings is 1. The fourth-order valence-electron chi connectivity index (χ4n) is 3.91. The van der Waals surface area contributed by atoms with Crippen LogP contribution in [0.1, 0.15) is 29.6 Å². The van der Waals surface area contributed by atoms with E-state index in [1.807, 2.05) is 40.3 Å². The highest BCUT2D eigenvalue weighted by Gasteiger charge is 2.28. The molecule has 3 heterocycles. The van der Waals surface area contributed by atoms with Gasteiger partial charge in [0.25, 0.3) is 5.91 Å². The van der Waals surface area contributed by atoms with Crippen molar-refractivity contribution in [3.63, 3.8) is 0 Å². The molecule has 1 aromatic heterocycles. The van der Waals surface area contributed by atoms with Crippen LogP contribution in [-0.4, -0.2) is 66.0 Å². The Morgan fingerprint density at radius 1 is 1.00 bits per heavy atom. The molecule has 2 aliphatic heterocycles. The Labute approximate surface area is 153 Å². The third kappa shape index (κ3) is 3.46. The number of H-pyrrole nitrogens is 1. The van der Waals surface area contributed by atoms with Crippen molar-refractivity contribution in [3.05, 3.63) is 36.0 Å². The molecule has 0 aliphatic carbocycles. The first-order valence-corrected chi connectivity index (χ1v) is 9.45. The Kier molecular flexibility index (Phi) is 4.93. The topological polar surface area (TPSA) is 65.6 Å². The van der Waals surface area contributed by atoms with E-state index < -0.39 is 0 Å². The van der Waals surface area contributed by atoms with Gasteiger partial charge < -0.3 is 19.5 Å². The van der Waals surface area contributed by atoms with Crippen molar-refractivity contribution in [2.24, 2.45) is 5.92 Å². The lowest BCUT2D eigenvalue weighted by atomic mass is 9.98. The standard InChI is InChI=1S/C20H25N3O3/c24-19(15-5-12-26-13-6-15)22-8-1-9-23(11-10-22)20(25)17-2-3-18-16(14-17)4-7-21-18/h2-4,7,14-15,21H,1,5-6,8-13H2. The molecule has 0 spiro atoms. The molecule has 6 heteroatoms. The third-order valence-corrected chi connectivity index (χ3v) is 5.47. The van der Waals surface area contributed by atoms with Crippen molar-refractivity contribution in [1.82, 2.24) is 14.8 Å². The summed E-state index contributed by atoms with van der Waals surface area (Å²) >= 11 is 0. The molecule has 0 unspecified atom stereocenters. The number of amides is 2. The highest BCUT2D eigenvalue weighted by molar-refractivity contribution is 5.98. The maximum atomic E-state index is 12.9. The Balaban J connectivity index is 1.41. The van der Waals surface area contributed by atoms with Crippen LogP contribution in [0.25, 0.3) is 10.9 Å². The van der Waals surface area contributed by atoms with Gasteiger partial charge >= 0.3 is 0 Å². The van der Waals surface area contributed by atoms with Crippen LogP contribution < -0.4 is 0 Å². The van der Waals surface area contributed by atoms with E-state index in [0.717, 1.165) is 36.7 Å². The molecule has 2 amide bonds. The average Bonchev–Trinajstić information content (AvgIpc) is 3.02. The summed E-state index contributed by atoms with van der Waals surface area (Å²) in [5.41, 5.74) is 1.74. The minimum absolute atomic E-state index is 0.0495. The van der Waals surface area contributed by atoms with Crippen LogP contribution in [0.4, 0.5) is 0 Å². The van der Waals surface area contributed by atoms with Crippen LogP contribution in [0, 0.1) is 5.92 Å². The Bertz CT molecular complexity index is 794. The van der Waals surface area contributed by atoms with Crippen molar-refractivity contribution in [2.45, 2.75) is 19.3 Å². The van der Waals surface area contributed by atoms with E-state index in [4.69, 9.17) is 4.74 Å². The normalized spacial score (nSPS) is 19.5. The molecule has 1 aromatic carbocycles. The van der Waals surface area contributed by atoms with Gasteiger partial charge in [-0.1, -0.05) is 0 Å². The highest BCUT2D eigenvalue weighted by Crippen LogP contribution is 2.20. The number of nitrogens with one attached hydrogen (secondary N) is 1. The summed E-state index contributed by atoms with van der Waals surface area (Å²) in [6.45, 7) is 4.00. The first kappa shape index (κ1) is 17.1. The average molecular weight is 355 g/mol. The summed E-state index contributed by atoms with van der Waals surface area (Å²) in [6.07, 6.45) is 4.33. The number of fused-ring (bicyclic) bond motifs is 1. The summed E-state index contributed by atoms with van der Waals surface area (Å²) in [6, 6.07) is 7.73. The summed E-state index contributed by atoms with van der Waals surface area (Å²) < 4.78 is 5.36. The minimum atomic E-state index is 0.0495. The van der Waals surface area contributed by atoms with Gasteiger partial charge in [-0.2, -0.15) is 0 Å². The molecule has 0 atom stereocenters. The lowest BCUT2D eigenvalue weighted by Gasteiger charge is -2.28. The largest absolute Gasteiger partial charge is 0.381 e. The molecule has 0 saturated carbocycles. The van der Waals surface area contributed by atoms with Crippen LogP contribution in [-0.2, 0) is 9.53 Å². The van der Waals surface area contributed by atoms with Crippen molar-refractivity contribution >= 4 is 22.7 Å². The number of ether oxygens (including phenoxy) is 1. The fourth-order valence-corrected chi connectivity index (χ4v) is 3.91. The van der Waals surface area contributed by atoms with Gasteiger partial charge in [-0.05, 0) is 43.5 Å². The number of carbonyl (C=O) groups excluding carboxylic acids is 2. The summed E-state index contributed by atoms with van der Waals surface area (Å²) in [5, 5.41) is 1.04. The molecule has 4 rings (SSSR count). The quantitative estimate of drug-likeness (QED) is 0.899. The van der Waals surface area contributed by atoms with E-state index in [-0.39, 0.29) is 17.7 Å². The van der Waals surface area contributed by atoms with Crippen LogP contribution in [0.5, 0.6) is 0 Å². The van der Waals surface area contributed by atoms with Crippen molar-refractivity contribution < 1.29 is 14.3 Å². The van der Waals surface area contributed by atoms with Crippen molar-refractivity contribution in [1.29, 1.82) is 0 Å². The maximum absolute atomic E-state index is 12.9. The van der Waals surface area contributed by atoms with Gasteiger partial charge in [-0.3, -0.25) is 9.59 Å². The zero-order chi connectivity index (χ0) is 17.9. The van der Waals surface area contributed by atoms with Gasteiger partial charge in [0.05, 0.1) is 0 Å². The smallest absolute Gasteiger partial charge is 0.253 e. The van der Waals surface area contributed by atoms with Gasteiger partial charge in [0.15, 0.2) is 0 Å². The molecule has 1 N–H and O–H groups in total. The molecule has 0 bridgehead atoms. The molecule has 2 aliphatic rings. The van der Waals surface area contributed by atoms with E-state index in [0.29, 0.717) is 38.4 Å². The lowest BCUT2D eigenvalue weighted by molar-refractivity contribution is -0.138. The molecule has 2 fully saturated rings. The van der Waals surface area contributed by atoms with E-state index in [2.05, 4.69) is 4.98 Å². The molecular formula is C20H25N3O3. The zero-order valence-electron chi connectivity index (χ0n) is 14.9. The van der Waals surface area contributed by atoms with Gasteiger partial charge in [-0.25, -0.2) is 0 Å². The van der Waals surface area contributed by atoms with E-state index >= 15 is 0 Å². The third-order valence-electron chi connectivity index (χ3n) is 5.47. The Hall–Kier alpha value is -2.34. The molecule has 0 radical (unpaired) electrons. The molecule has 6 nitrogen and oxygen atoms in total. The van der Waals surface area contributed by atoms with Crippen LogP contribution in [0.2, 0.25) is 0 Å². The van der Waals surface area contributed by atoms with Crippen LogP contribution in [0.15, 0.2) is 30.5 Å². The first-order valence-electron chi connectivity index (χ1n) is 9.45. The SMILES string of the molecule is O=C(c1ccc2[nH]ccc2c1)N1CCCN(C(=O)C2CCOCC2)CC1. The van der Waals surface area contributed by atoms with E-state index in [1.54, 1.807) is 0 Å². The lowest BCUT2D eigenvalue weighted by Crippen LogP contribution is -2.41. The maximum Gasteiger partial charge on any atom is 0.253 e. The minimum Gasteiger partial charge on any atom is -0.381 e. The Morgan fingerprint density at radius 2 is 1.77 bits per heavy atom. The molecular weight excluding hydrogens is 330 g/mol. The molecule has 2 saturated heterocycles. The molecule has 26 heavy (non-hydrogen) atoms. The molecule has 138 valence electrons. The number of aromatic nitrogens is 1. The van der Waals surface area contributed by atoms with Gasteiger partial charge in [-0.15, -0.1) is 0 Å². The first-order chi connectivity index (χ1) is 12.7. The summed E-state index contributed by atoms with van der Waals surface area (Å²) in [7, 11) is 0. The zero-order valence-corrected chi connectivity index (χ0v) is 14.9. The number of hydrogen-bond acceptors (Lipinski definition) is 3. The van der Waals surface area contributed by atoms with Crippen molar-refractivity contribution in [3.8, 4) is 0 Å². The number of rotatable bonds is 2. The van der Waals surface area contributed by atoms with Crippen molar-refractivity contribution in [2.75, 3.05) is 39.4 Å². The highest BCUT2D eigenvalue weighted by atomic mass is 16.5. The summed E-state index contributed by atoms with van der Waals surface area (Å²) in [5.74, 6) is 0.367. The van der Waals surface area contributed by atoms with Gasteiger partial charge in [0.1, 0.15) is 0 Å². The van der Waals surface area contributed by atoms with E-state index in [9.17, 15) is 9.59 Å². The Morgan fingerprint density at radius 3 is 2.62 bits per heavy atom. The second-order valence-electron chi connectivity index (χ2n) is 7.14. The monoisotopic (exact) mass is 355 g/mol. The predicted octanol–water partition coefficient (Wildman–Crippen LogP) is 2.27. The number of aromatic amines is 1. The van der Waals surface area contributed by atoms with E-state index in [1.165, 1.54) is 0 Å². The number of nitrogens with zero attached hydrogens (tertiary/aromatic N) is 2. The van der Waals surface area contributed by atoms with Gasteiger partial charge in [0.2, 0.25) is 5.91 Å². The van der Waals surface area contributed by atoms with Gasteiger partial charge in [0, 0.05) is 68.0 Å². The van der Waals surface area contributed by atoms with Crippen LogP contribution >= 0.6 is 0 Å². The fraction of sp³-hybridized carbons (Fsp3) is 0.500. The molecule has 2 aromatic rings. The number of carbonyl (C=O) groups is 2. The second-order valence-corrected chi connectivity index (χ2v) is 7.14. The second kappa shape index (κ2) is 7.50. The summed E-state index contributed by atoms with van der Waals surface area (Å²) in [4.78, 5) is 32.6. The number of hydrogen-bond donors (Lipinski definition) is 1. The predicted molar refractivity (Wildman–Crippen MR) is 98.9 cm³/mol. The van der Waals surface area contributed by atoms with Crippen LogP contribution in [0.3, 0.4) is 0 Å².